The van der Waals surface area contributed by atoms with E-state index in [1.807, 2.05) is 5.32 Å². The summed E-state index contributed by atoms with van der Waals surface area (Å²) in [6.07, 6.45) is -2.59. The molecule has 1 saturated heterocycles. The second-order valence-corrected chi connectivity index (χ2v) is 2.07. The molecule has 0 bridgehead atoms. The van der Waals surface area contributed by atoms with Gasteiger partial charge in [-0.15, -0.1) is 0 Å². The van der Waals surface area contributed by atoms with Gasteiger partial charge in [0.15, 0.2) is 0 Å². The molecule has 1 N–H and O–H groups in total. The summed E-state index contributed by atoms with van der Waals surface area (Å²) in [7, 11) is 0. The summed E-state index contributed by atoms with van der Waals surface area (Å²) >= 11 is 0. The molecule has 8 heavy (non-hydrogen) atoms. The zero-order valence-corrected chi connectivity index (χ0v) is 5.08. The highest BCUT2D eigenvalue weighted by atomic mass is 14.9. The minimum absolute atomic E-state index is 0.646. The normalized spacial score (nSPS) is 70.6. The number of hydrogen-bond acceptors (Lipinski definition) is 1. The first-order valence-corrected chi connectivity index (χ1v) is 2.69. The maximum absolute atomic E-state index is 7.94. The van der Waals surface area contributed by atoms with E-state index < -0.39 is 31.2 Å². The van der Waals surface area contributed by atoms with Crippen molar-refractivity contribution in [1.82, 2.24) is 5.32 Å². The Kier molecular flexibility index (Phi) is 0.537. The molecule has 0 aromatic heterocycles. The van der Waals surface area contributed by atoms with Gasteiger partial charge < -0.3 is 5.32 Å². The van der Waals surface area contributed by atoms with Crippen LogP contribution in [0.5, 0.6) is 0 Å². The van der Waals surface area contributed by atoms with Crippen LogP contribution in [-0.2, 0) is 0 Å². The second-order valence-electron chi connectivity index (χ2n) is 2.07. The van der Waals surface area contributed by atoms with Gasteiger partial charge in [0, 0.05) is 9.60 Å². The van der Waals surface area contributed by atoms with Crippen LogP contribution < -0.4 is 5.32 Å². The zero-order valence-electron chi connectivity index (χ0n) is 12.1. The predicted molar refractivity (Wildman–Crippen MR) is 35.8 cm³/mol. The van der Waals surface area contributed by atoms with Crippen LogP contribution >= 0.6 is 0 Å². The third-order valence-corrected chi connectivity index (χ3v) is 1.03. The van der Waals surface area contributed by atoms with Crippen LogP contribution in [0.3, 0.4) is 0 Å². The molecule has 1 nitrogen and oxygen atoms in total. The summed E-state index contributed by atoms with van der Waals surface area (Å²) in [5.74, 6) is -2.80. The molecule has 1 atom stereocenters. The van der Waals surface area contributed by atoms with Crippen molar-refractivity contribution in [3.63, 3.8) is 0 Å². The fourth-order valence-electron chi connectivity index (χ4n) is 0.517. The van der Waals surface area contributed by atoms with Crippen molar-refractivity contribution in [3.8, 4) is 0 Å². The van der Waals surface area contributed by atoms with Crippen LogP contribution in [0.4, 0.5) is 0 Å². The van der Waals surface area contributed by atoms with Gasteiger partial charge in [-0.2, -0.15) is 0 Å². The highest BCUT2D eigenvalue weighted by Gasteiger charge is 2.16. The fourth-order valence-corrected chi connectivity index (χ4v) is 0.517. The van der Waals surface area contributed by atoms with Crippen LogP contribution in [0.15, 0.2) is 0 Å². The molecule has 1 heteroatoms. The molecule has 1 aliphatic heterocycles. The van der Waals surface area contributed by atoms with Gasteiger partial charge in [-0.25, -0.2) is 0 Å². The van der Waals surface area contributed by atoms with Crippen molar-refractivity contribution in [2.24, 2.45) is 11.8 Å². The first kappa shape index (κ1) is 1.72. The minimum atomic E-state index is -2.59. The fraction of sp³-hybridized carbons (Fsp3) is 1.00. The maximum Gasteiger partial charge on any atom is 0.0431 e. The SMILES string of the molecule is [2H]C1([2H])NC([2H])([2H])C([2H])(C(C)C)C1([2H])[2H]. The maximum atomic E-state index is 7.94. The van der Waals surface area contributed by atoms with E-state index in [9.17, 15) is 0 Å². The molecule has 1 aliphatic rings. The van der Waals surface area contributed by atoms with E-state index >= 15 is 0 Å². The molecule has 1 heterocycles. The van der Waals surface area contributed by atoms with E-state index in [1.54, 1.807) is 0 Å². The van der Waals surface area contributed by atoms with E-state index in [4.69, 9.17) is 9.60 Å². The average molecular weight is 120 g/mol. The van der Waals surface area contributed by atoms with Crippen molar-refractivity contribution >= 4 is 0 Å². The number of nitrogens with one attached hydrogen (secondary N) is 1. The van der Waals surface area contributed by atoms with Crippen molar-refractivity contribution in [3.05, 3.63) is 0 Å². The third-order valence-electron chi connectivity index (χ3n) is 1.03. The molecule has 0 spiro atoms. The molecule has 0 amide bonds. The molecule has 0 radical (unpaired) electrons. The summed E-state index contributed by atoms with van der Waals surface area (Å²) in [5, 5.41) is 1.94. The Bertz CT molecular complexity index is 275. The van der Waals surface area contributed by atoms with E-state index in [0.717, 1.165) is 0 Å². The van der Waals surface area contributed by atoms with Crippen molar-refractivity contribution < 1.29 is 9.60 Å². The smallest absolute Gasteiger partial charge is 0.0431 e. The van der Waals surface area contributed by atoms with Crippen molar-refractivity contribution in [1.29, 1.82) is 0 Å². The zero-order chi connectivity index (χ0) is 12.3. The van der Waals surface area contributed by atoms with Crippen LogP contribution in [0, 0.1) is 11.8 Å². The molecular weight excluding hydrogens is 98.1 g/mol. The van der Waals surface area contributed by atoms with Gasteiger partial charge in [0.05, 0.1) is 0 Å². The van der Waals surface area contributed by atoms with E-state index in [0.29, 0.717) is 0 Å². The Hall–Kier alpha value is -0.0400. The van der Waals surface area contributed by atoms with Gasteiger partial charge in [-0.1, -0.05) is 13.8 Å². The molecule has 0 aromatic carbocycles. The molecule has 0 aromatic rings. The van der Waals surface area contributed by atoms with Gasteiger partial charge >= 0.3 is 0 Å². The average Bonchev–Trinajstić information content (AvgIpc) is 2.06. The monoisotopic (exact) mass is 120 g/mol. The summed E-state index contributed by atoms with van der Waals surface area (Å²) in [5.41, 5.74) is 0. The number of hydrogen-bond donors (Lipinski definition) is 1. The molecule has 0 saturated carbocycles. The van der Waals surface area contributed by atoms with Gasteiger partial charge in [0.1, 0.15) is 0 Å². The Morgan fingerprint density at radius 1 is 1.88 bits per heavy atom. The van der Waals surface area contributed by atoms with Crippen molar-refractivity contribution in [2.45, 2.75) is 20.2 Å². The lowest BCUT2D eigenvalue weighted by molar-refractivity contribution is 0.419. The lowest BCUT2D eigenvalue weighted by Crippen LogP contribution is -2.12. The Labute approximate surface area is 61.3 Å². The largest absolute Gasteiger partial charge is 0.316 e. The van der Waals surface area contributed by atoms with Crippen LogP contribution in [-0.4, -0.2) is 13.0 Å². The highest BCUT2D eigenvalue weighted by molar-refractivity contribution is 4.72. The summed E-state index contributed by atoms with van der Waals surface area (Å²) in [4.78, 5) is 0. The molecular formula is C7H15N. The Morgan fingerprint density at radius 2 is 2.62 bits per heavy atom. The highest BCUT2D eigenvalue weighted by Crippen LogP contribution is 2.16. The standard InChI is InChI=1S/C7H15N/c1-6(2)7-3-4-8-5-7/h6-8H,3-5H2,1-2H3/i3D2,4D2,5D2,7D. The Balaban J connectivity index is 3.37. The van der Waals surface area contributed by atoms with Gasteiger partial charge in [-0.05, 0) is 31.2 Å². The third kappa shape index (κ3) is 1.22. The molecule has 1 unspecified atom stereocenters. The van der Waals surface area contributed by atoms with Crippen LogP contribution in [0.25, 0.3) is 0 Å². The summed E-state index contributed by atoms with van der Waals surface area (Å²) in [6, 6.07) is 0. The Morgan fingerprint density at radius 3 is 2.88 bits per heavy atom. The first-order valence-electron chi connectivity index (χ1n) is 6.19. The molecule has 48 valence electrons. The molecule has 1 fully saturated rings. The van der Waals surface area contributed by atoms with Gasteiger partial charge in [-0.3, -0.25) is 0 Å². The lowest BCUT2D eigenvalue weighted by atomic mass is 9.96. The lowest BCUT2D eigenvalue weighted by Gasteiger charge is -2.10. The van der Waals surface area contributed by atoms with E-state index in [-0.39, 0.29) is 0 Å². The summed E-state index contributed by atoms with van der Waals surface area (Å²) < 4.78 is 53.2. The quantitative estimate of drug-likeness (QED) is 0.549. The minimum Gasteiger partial charge on any atom is -0.316 e. The van der Waals surface area contributed by atoms with E-state index in [2.05, 4.69) is 0 Å². The number of rotatable bonds is 1. The van der Waals surface area contributed by atoms with Gasteiger partial charge in [0.25, 0.3) is 0 Å². The summed E-state index contributed by atoms with van der Waals surface area (Å²) in [6.45, 7) is -1.89. The predicted octanol–water partition coefficient (Wildman–Crippen LogP) is 1.25. The topological polar surface area (TPSA) is 12.0 Å². The molecule has 0 aliphatic carbocycles. The first-order chi connectivity index (χ1) is 6.40. The van der Waals surface area contributed by atoms with Crippen LogP contribution in [0.2, 0.25) is 0 Å². The van der Waals surface area contributed by atoms with E-state index in [1.165, 1.54) is 13.8 Å². The second kappa shape index (κ2) is 2.49. The molecule has 1 rings (SSSR count). The van der Waals surface area contributed by atoms with Crippen LogP contribution in [0.1, 0.15) is 29.8 Å². The van der Waals surface area contributed by atoms with Gasteiger partial charge in [0.2, 0.25) is 0 Å². The van der Waals surface area contributed by atoms with Crippen molar-refractivity contribution in [2.75, 3.05) is 13.0 Å².